The first-order chi connectivity index (χ1) is 16.5. The van der Waals surface area contributed by atoms with Gasteiger partial charge in [-0.2, -0.15) is 0 Å². The van der Waals surface area contributed by atoms with E-state index in [2.05, 4.69) is 15.5 Å². The summed E-state index contributed by atoms with van der Waals surface area (Å²) < 4.78 is 21.3. The minimum absolute atomic E-state index is 0.0121. The molecule has 0 bridgehead atoms. The summed E-state index contributed by atoms with van der Waals surface area (Å²) in [5.41, 5.74) is 6.91. The fourth-order valence-electron chi connectivity index (χ4n) is 3.07. The van der Waals surface area contributed by atoms with Crippen LogP contribution in [-0.4, -0.2) is 32.3 Å². The van der Waals surface area contributed by atoms with Crippen LogP contribution >= 0.6 is 11.8 Å². The zero-order valence-electron chi connectivity index (χ0n) is 17.8. The van der Waals surface area contributed by atoms with Crippen LogP contribution in [0, 0.1) is 5.82 Å². The molecule has 3 N–H and O–H groups in total. The maximum absolute atomic E-state index is 13.9. The zero-order chi connectivity index (χ0) is 23.9. The summed E-state index contributed by atoms with van der Waals surface area (Å²) in [6.45, 7) is -0.0121. The molecule has 0 fully saturated rings. The van der Waals surface area contributed by atoms with E-state index in [4.69, 9.17) is 10.5 Å². The lowest BCUT2D eigenvalue weighted by Crippen LogP contribution is -2.15. The Hall–Kier alpha value is -4.18. The van der Waals surface area contributed by atoms with Gasteiger partial charge in [0.2, 0.25) is 11.8 Å². The molecule has 10 heteroatoms. The van der Waals surface area contributed by atoms with Crippen molar-refractivity contribution < 1.29 is 18.7 Å². The van der Waals surface area contributed by atoms with E-state index < -0.39 is 11.7 Å². The molecule has 4 rings (SSSR count). The molecule has 0 unspecified atom stereocenters. The molecule has 0 saturated heterocycles. The number of aromatic nitrogens is 3. The molecule has 0 aliphatic carbocycles. The Labute approximate surface area is 199 Å². The Morgan fingerprint density at radius 3 is 2.38 bits per heavy atom. The number of halogens is 1. The number of rotatable bonds is 9. The monoisotopic (exact) mass is 477 g/mol. The molecule has 1 aromatic heterocycles. The van der Waals surface area contributed by atoms with Crippen LogP contribution in [0.4, 0.5) is 10.1 Å². The van der Waals surface area contributed by atoms with Gasteiger partial charge >= 0.3 is 0 Å². The molecular formula is C24H20FN5O3S. The third-order valence-electron chi connectivity index (χ3n) is 4.69. The number of primary amides is 1. The van der Waals surface area contributed by atoms with Crippen molar-refractivity contribution in [2.24, 2.45) is 5.73 Å². The molecule has 172 valence electrons. The number of thioether (sulfide) groups is 1. The molecule has 1 heterocycles. The van der Waals surface area contributed by atoms with Gasteiger partial charge < -0.3 is 15.8 Å². The molecule has 0 aliphatic rings. The first-order valence-electron chi connectivity index (χ1n) is 10.2. The molecule has 0 aliphatic heterocycles. The molecule has 0 saturated carbocycles. The third-order valence-corrected chi connectivity index (χ3v) is 5.62. The van der Waals surface area contributed by atoms with E-state index in [0.717, 1.165) is 5.69 Å². The second-order valence-electron chi connectivity index (χ2n) is 7.07. The molecule has 0 radical (unpaired) electrons. The lowest BCUT2D eigenvalue weighted by molar-refractivity contribution is -0.113. The van der Waals surface area contributed by atoms with E-state index in [1.54, 1.807) is 41.0 Å². The Kier molecular flexibility index (Phi) is 7.19. The summed E-state index contributed by atoms with van der Waals surface area (Å²) in [6.07, 6.45) is 0. The molecule has 3 aromatic carbocycles. The average Bonchev–Trinajstić information content (AvgIpc) is 3.26. The summed E-state index contributed by atoms with van der Waals surface area (Å²) in [5.74, 6) is -0.632. The number of para-hydroxylation sites is 2. The number of benzene rings is 3. The number of carbonyl (C=O) groups excluding carboxylic acids is 2. The van der Waals surface area contributed by atoms with Gasteiger partial charge in [-0.15, -0.1) is 10.2 Å². The standard InChI is InChI=1S/C24H20FN5O3S/c25-19-8-4-5-9-20(19)33-14-21-28-29-24(30(21)18-6-2-1-3-7-18)34-15-22(31)27-17-12-10-16(11-13-17)23(26)32/h1-13H,14-15H2,(H2,26,32)(H,27,31). The number of hydrogen-bond donors (Lipinski definition) is 2. The van der Waals surface area contributed by atoms with Crippen LogP contribution in [0.5, 0.6) is 5.75 Å². The Morgan fingerprint density at radius 2 is 1.68 bits per heavy atom. The summed E-state index contributed by atoms with van der Waals surface area (Å²) in [7, 11) is 0. The third kappa shape index (κ3) is 5.59. The lowest BCUT2D eigenvalue weighted by Gasteiger charge is -2.11. The Bertz CT molecular complexity index is 1300. The fraction of sp³-hybridized carbons (Fsp3) is 0.0833. The van der Waals surface area contributed by atoms with Crippen molar-refractivity contribution in [1.82, 2.24) is 14.8 Å². The van der Waals surface area contributed by atoms with Crippen molar-refractivity contribution in [3.8, 4) is 11.4 Å². The van der Waals surface area contributed by atoms with Gasteiger partial charge in [0, 0.05) is 16.9 Å². The second kappa shape index (κ2) is 10.6. The van der Waals surface area contributed by atoms with Gasteiger partial charge in [0.05, 0.1) is 5.75 Å². The van der Waals surface area contributed by atoms with Gasteiger partial charge in [-0.3, -0.25) is 14.2 Å². The minimum atomic E-state index is -0.538. The number of carbonyl (C=O) groups is 2. The van der Waals surface area contributed by atoms with Crippen LogP contribution < -0.4 is 15.8 Å². The van der Waals surface area contributed by atoms with Gasteiger partial charge in [-0.1, -0.05) is 42.1 Å². The summed E-state index contributed by atoms with van der Waals surface area (Å²) >= 11 is 1.20. The number of nitrogens with one attached hydrogen (secondary N) is 1. The van der Waals surface area contributed by atoms with Crippen LogP contribution in [0.3, 0.4) is 0 Å². The van der Waals surface area contributed by atoms with Crippen molar-refractivity contribution in [2.75, 3.05) is 11.1 Å². The van der Waals surface area contributed by atoms with E-state index in [9.17, 15) is 14.0 Å². The molecule has 4 aromatic rings. The first kappa shape index (κ1) is 23.0. The molecule has 8 nitrogen and oxygen atoms in total. The minimum Gasteiger partial charge on any atom is -0.483 e. The van der Waals surface area contributed by atoms with Crippen molar-refractivity contribution >= 4 is 29.3 Å². The highest BCUT2D eigenvalue weighted by Gasteiger charge is 2.17. The zero-order valence-corrected chi connectivity index (χ0v) is 18.7. The van der Waals surface area contributed by atoms with E-state index in [0.29, 0.717) is 22.2 Å². The SMILES string of the molecule is NC(=O)c1ccc(NC(=O)CSc2nnc(COc3ccccc3F)n2-c2ccccc2)cc1. The molecule has 2 amide bonds. The first-order valence-corrected chi connectivity index (χ1v) is 11.2. The van der Waals surface area contributed by atoms with Crippen LogP contribution in [0.1, 0.15) is 16.2 Å². The van der Waals surface area contributed by atoms with Gasteiger partial charge in [-0.05, 0) is 48.5 Å². The molecule has 34 heavy (non-hydrogen) atoms. The maximum Gasteiger partial charge on any atom is 0.248 e. The van der Waals surface area contributed by atoms with Crippen LogP contribution in [0.25, 0.3) is 5.69 Å². The normalized spacial score (nSPS) is 10.6. The van der Waals surface area contributed by atoms with Crippen LogP contribution in [0.15, 0.2) is 84.0 Å². The van der Waals surface area contributed by atoms with Crippen molar-refractivity contribution in [1.29, 1.82) is 0 Å². The highest BCUT2D eigenvalue weighted by Crippen LogP contribution is 2.24. The van der Waals surface area contributed by atoms with Gasteiger partial charge in [0.1, 0.15) is 6.61 Å². The Morgan fingerprint density at radius 1 is 0.971 bits per heavy atom. The maximum atomic E-state index is 13.9. The lowest BCUT2D eigenvalue weighted by atomic mass is 10.2. The van der Waals surface area contributed by atoms with Crippen molar-refractivity contribution in [2.45, 2.75) is 11.8 Å². The predicted molar refractivity (Wildman–Crippen MR) is 126 cm³/mol. The van der Waals surface area contributed by atoms with Crippen molar-refractivity contribution in [3.05, 3.63) is 96.1 Å². The average molecular weight is 478 g/mol. The summed E-state index contributed by atoms with van der Waals surface area (Å²) in [4.78, 5) is 23.6. The predicted octanol–water partition coefficient (Wildman–Crippen LogP) is 3.82. The number of amides is 2. The van der Waals surface area contributed by atoms with Crippen LogP contribution in [0.2, 0.25) is 0 Å². The number of nitrogens with two attached hydrogens (primary N) is 1. The number of anilines is 1. The number of nitrogens with zero attached hydrogens (tertiary/aromatic N) is 3. The largest absolute Gasteiger partial charge is 0.483 e. The van der Waals surface area contributed by atoms with Crippen molar-refractivity contribution in [3.63, 3.8) is 0 Å². The topological polar surface area (TPSA) is 112 Å². The second-order valence-corrected chi connectivity index (χ2v) is 8.01. The van der Waals surface area contributed by atoms with Crippen LogP contribution in [-0.2, 0) is 11.4 Å². The number of ether oxygens (including phenoxy) is 1. The molecule has 0 atom stereocenters. The smallest absolute Gasteiger partial charge is 0.248 e. The highest BCUT2D eigenvalue weighted by molar-refractivity contribution is 7.99. The fourth-order valence-corrected chi connectivity index (χ4v) is 3.84. The van der Waals surface area contributed by atoms with E-state index in [1.807, 2.05) is 30.3 Å². The summed E-state index contributed by atoms with van der Waals surface area (Å²) in [6, 6.07) is 21.8. The highest BCUT2D eigenvalue weighted by atomic mass is 32.2. The number of hydrogen-bond acceptors (Lipinski definition) is 6. The van der Waals surface area contributed by atoms with E-state index >= 15 is 0 Å². The summed E-state index contributed by atoms with van der Waals surface area (Å²) in [5, 5.41) is 11.6. The van der Waals surface area contributed by atoms with E-state index in [-0.39, 0.29) is 24.0 Å². The van der Waals surface area contributed by atoms with Gasteiger partial charge in [-0.25, -0.2) is 4.39 Å². The van der Waals surface area contributed by atoms with Gasteiger partial charge in [0.25, 0.3) is 0 Å². The Balaban J connectivity index is 1.47. The molecular weight excluding hydrogens is 457 g/mol. The van der Waals surface area contributed by atoms with Gasteiger partial charge in [0.15, 0.2) is 22.5 Å². The van der Waals surface area contributed by atoms with E-state index in [1.165, 1.54) is 23.9 Å². The molecule has 0 spiro atoms. The quantitative estimate of drug-likeness (QED) is 0.355.